The Kier molecular flexibility index (Phi) is 3.66. The number of amides is 1. The van der Waals surface area contributed by atoms with E-state index in [1.165, 1.54) is 0 Å². The number of nitrogens with zero attached hydrogens (tertiary/aromatic N) is 2. The number of fused-ring (bicyclic) bond motifs is 1. The number of carbonyl (C=O) groups is 1. The Labute approximate surface area is 126 Å². The minimum atomic E-state index is -1.47. The average Bonchev–Trinajstić information content (AvgIpc) is 2.90. The molecule has 0 aliphatic heterocycles. The van der Waals surface area contributed by atoms with Crippen LogP contribution in [-0.4, -0.2) is 32.9 Å². The molecule has 3 rings (SSSR count). The summed E-state index contributed by atoms with van der Waals surface area (Å²) in [6, 6.07) is 12.2. The van der Waals surface area contributed by atoms with Crippen LogP contribution in [0.5, 0.6) is 0 Å². The first-order valence-electron chi connectivity index (χ1n) is 6.75. The number of hydrogen-bond donors (Lipinski definition) is 3. The molecule has 0 atom stereocenters. The molecule has 2 aromatic carbocycles. The van der Waals surface area contributed by atoms with Crippen LogP contribution in [0.1, 0.15) is 15.9 Å². The molecule has 0 aliphatic rings. The van der Waals surface area contributed by atoms with E-state index in [2.05, 4.69) is 5.10 Å². The van der Waals surface area contributed by atoms with Crippen molar-refractivity contribution in [1.82, 2.24) is 9.78 Å². The van der Waals surface area contributed by atoms with Crippen LogP contribution in [-0.2, 0) is 6.54 Å². The SMILES string of the molecule is NC(=O)c1ccc2c(cnn2Cc2ccc(B(O)O)cc2)c1. The molecule has 0 fully saturated rings. The van der Waals surface area contributed by atoms with Crippen molar-refractivity contribution in [3.63, 3.8) is 0 Å². The van der Waals surface area contributed by atoms with Gasteiger partial charge in [-0.2, -0.15) is 5.10 Å². The van der Waals surface area contributed by atoms with E-state index in [0.29, 0.717) is 17.6 Å². The summed E-state index contributed by atoms with van der Waals surface area (Å²) in [5.41, 5.74) is 8.04. The molecule has 0 radical (unpaired) electrons. The molecule has 110 valence electrons. The topological polar surface area (TPSA) is 101 Å². The average molecular weight is 295 g/mol. The number of primary amides is 1. The van der Waals surface area contributed by atoms with Crippen molar-refractivity contribution < 1.29 is 14.8 Å². The molecule has 0 spiro atoms. The van der Waals surface area contributed by atoms with E-state index in [4.69, 9.17) is 15.8 Å². The van der Waals surface area contributed by atoms with Crippen molar-refractivity contribution >= 4 is 29.4 Å². The molecule has 1 heterocycles. The van der Waals surface area contributed by atoms with Gasteiger partial charge in [0.05, 0.1) is 18.3 Å². The molecule has 0 bridgehead atoms. The number of benzene rings is 2. The summed E-state index contributed by atoms with van der Waals surface area (Å²) >= 11 is 0. The van der Waals surface area contributed by atoms with Crippen LogP contribution in [0, 0.1) is 0 Å². The lowest BCUT2D eigenvalue weighted by Crippen LogP contribution is -2.29. The molecular formula is C15H14BN3O3. The Balaban J connectivity index is 1.89. The molecule has 0 unspecified atom stereocenters. The summed E-state index contributed by atoms with van der Waals surface area (Å²) < 4.78 is 1.81. The molecule has 3 aromatic rings. The van der Waals surface area contributed by atoms with Crippen LogP contribution in [0.25, 0.3) is 10.9 Å². The monoisotopic (exact) mass is 295 g/mol. The minimum absolute atomic E-state index is 0.445. The Morgan fingerprint density at radius 3 is 2.55 bits per heavy atom. The highest BCUT2D eigenvalue weighted by atomic mass is 16.4. The van der Waals surface area contributed by atoms with Gasteiger partial charge in [0.1, 0.15) is 0 Å². The third-order valence-corrected chi connectivity index (χ3v) is 3.54. The summed E-state index contributed by atoms with van der Waals surface area (Å²) in [7, 11) is -1.47. The predicted molar refractivity (Wildman–Crippen MR) is 83.6 cm³/mol. The fourth-order valence-electron chi connectivity index (χ4n) is 2.33. The zero-order valence-electron chi connectivity index (χ0n) is 11.7. The molecule has 4 N–H and O–H groups in total. The number of hydrogen-bond acceptors (Lipinski definition) is 4. The number of rotatable bonds is 4. The second-order valence-electron chi connectivity index (χ2n) is 5.06. The zero-order valence-corrected chi connectivity index (χ0v) is 11.7. The quantitative estimate of drug-likeness (QED) is 0.583. The van der Waals surface area contributed by atoms with Gasteiger partial charge in [-0.25, -0.2) is 0 Å². The number of carbonyl (C=O) groups excluding carboxylic acids is 1. The first kappa shape index (κ1) is 14.3. The van der Waals surface area contributed by atoms with E-state index in [9.17, 15) is 4.79 Å². The normalized spacial score (nSPS) is 10.8. The van der Waals surface area contributed by atoms with Crippen molar-refractivity contribution in [2.45, 2.75) is 6.54 Å². The van der Waals surface area contributed by atoms with Crippen molar-refractivity contribution in [2.24, 2.45) is 5.73 Å². The largest absolute Gasteiger partial charge is 0.488 e. The molecule has 0 saturated heterocycles. The predicted octanol–water partition coefficient (Wildman–Crippen LogP) is -0.137. The maximum absolute atomic E-state index is 11.2. The first-order chi connectivity index (χ1) is 10.5. The van der Waals surface area contributed by atoms with Gasteiger partial charge in [0, 0.05) is 10.9 Å². The molecule has 22 heavy (non-hydrogen) atoms. The molecule has 0 aliphatic carbocycles. The Bertz CT molecular complexity index is 828. The lowest BCUT2D eigenvalue weighted by atomic mass is 9.80. The standard InChI is InChI=1S/C15H14BN3O3/c17-15(20)11-3-6-14-12(7-11)8-18-19(14)9-10-1-4-13(5-2-10)16(21)22/h1-8,21-22H,9H2,(H2,17,20). The maximum Gasteiger partial charge on any atom is 0.488 e. The molecule has 6 nitrogen and oxygen atoms in total. The first-order valence-corrected chi connectivity index (χ1v) is 6.75. The van der Waals surface area contributed by atoms with Gasteiger partial charge >= 0.3 is 7.12 Å². The van der Waals surface area contributed by atoms with E-state index in [1.54, 1.807) is 30.5 Å². The molecular weight excluding hydrogens is 281 g/mol. The second kappa shape index (κ2) is 5.63. The Morgan fingerprint density at radius 1 is 1.18 bits per heavy atom. The fourth-order valence-corrected chi connectivity index (χ4v) is 2.33. The molecule has 7 heteroatoms. The molecule has 1 amide bonds. The summed E-state index contributed by atoms with van der Waals surface area (Å²) in [5, 5.41) is 23.3. The maximum atomic E-state index is 11.2. The van der Waals surface area contributed by atoms with Gasteiger partial charge in [-0.15, -0.1) is 0 Å². The van der Waals surface area contributed by atoms with Gasteiger partial charge in [0.15, 0.2) is 0 Å². The summed E-state index contributed by atoms with van der Waals surface area (Å²) in [5.74, 6) is -0.465. The lowest BCUT2D eigenvalue weighted by Gasteiger charge is -2.06. The smallest absolute Gasteiger partial charge is 0.423 e. The summed E-state index contributed by atoms with van der Waals surface area (Å²) in [4.78, 5) is 11.2. The zero-order chi connectivity index (χ0) is 15.7. The second-order valence-corrected chi connectivity index (χ2v) is 5.06. The molecule has 1 aromatic heterocycles. The van der Waals surface area contributed by atoms with Gasteiger partial charge in [-0.05, 0) is 29.2 Å². The van der Waals surface area contributed by atoms with Crippen LogP contribution in [0.4, 0.5) is 0 Å². The van der Waals surface area contributed by atoms with E-state index >= 15 is 0 Å². The molecule has 0 saturated carbocycles. The van der Waals surface area contributed by atoms with Crippen molar-refractivity contribution in [3.05, 3.63) is 59.8 Å². The van der Waals surface area contributed by atoms with Gasteiger partial charge < -0.3 is 15.8 Å². The van der Waals surface area contributed by atoms with E-state index < -0.39 is 13.0 Å². The minimum Gasteiger partial charge on any atom is -0.423 e. The Morgan fingerprint density at radius 2 is 1.91 bits per heavy atom. The summed E-state index contributed by atoms with van der Waals surface area (Å²) in [6.07, 6.45) is 1.69. The number of aromatic nitrogens is 2. The van der Waals surface area contributed by atoms with E-state index in [-0.39, 0.29) is 0 Å². The van der Waals surface area contributed by atoms with Crippen molar-refractivity contribution in [3.8, 4) is 0 Å². The van der Waals surface area contributed by atoms with Crippen LogP contribution >= 0.6 is 0 Å². The fraction of sp³-hybridized carbons (Fsp3) is 0.0667. The van der Waals surface area contributed by atoms with Crippen LogP contribution < -0.4 is 11.2 Å². The Hall–Kier alpha value is -2.64. The van der Waals surface area contributed by atoms with Gasteiger partial charge in [0.2, 0.25) is 5.91 Å². The van der Waals surface area contributed by atoms with Crippen LogP contribution in [0.2, 0.25) is 0 Å². The highest BCUT2D eigenvalue weighted by Gasteiger charge is 2.11. The summed E-state index contributed by atoms with van der Waals surface area (Å²) in [6.45, 7) is 0.543. The van der Waals surface area contributed by atoms with Gasteiger partial charge in [-0.1, -0.05) is 24.3 Å². The highest BCUT2D eigenvalue weighted by molar-refractivity contribution is 6.58. The van der Waals surface area contributed by atoms with Crippen molar-refractivity contribution in [2.75, 3.05) is 0 Å². The van der Waals surface area contributed by atoms with Gasteiger partial charge in [-0.3, -0.25) is 9.48 Å². The lowest BCUT2D eigenvalue weighted by molar-refractivity contribution is 0.100. The van der Waals surface area contributed by atoms with Crippen LogP contribution in [0.3, 0.4) is 0 Å². The number of nitrogens with two attached hydrogens (primary N) is 1. The van der Waals surface area contributed by atoms with Gasteiger partial charge in [0.25, 0.3) is 0 Å². The third kappa shape index (κ3) is 2.72. The van der Waals surface area contributed by atoms with E-state index in [1.807, 2.05) is 22.9 Å². The van der Waals surface area contributed by atoms with E-state index in [0.717, 1.165) is 16.5 Å². The van der Waals surface area contributed by atoms with Crippen LogP contribution in [0.15, 0.2) is 48.7 Å². The highest BCUT2D eigenvalue weighted by Crippen LogP contribution is 2.17. The third-order valence-electron chi connectivity index (χ3n) is 3.54. The van der Waals surface area contributed by atoms with Crippen molar-refractivity contribution in [1.29, 1.82) is 0 Å².